The number of nitrogens with one attached hydrogen (secondary N) is 2. The molecule has 0 saturated carbocycles. The topological polar surface area (TPSA) is 56.1 Å². The Hall–Kier alpha value is -2.33. The lowest BCUT2D eigenvalue weighted by atomic mass is 10.1. The van der Waals surface area contributed by atoms with Crippen LogP contribution >= 0.6 is 0 Å². The van der Waals surface area contributed by atoms with Crippen LogP contribution in [0.5, 0.6) is 5.75 Å². The second-order valence-corrected chi connectivity index (χ2v) is 6.28. The van der Waals surface area contributed by atoms with E-state index in [1.807, 2.05) is 35.7 Å². The molecule has 1 atom stereocenters. The van der Waals surface area contributed by atoms with Crippen LogP contribution in [-0.2, 0) is 10.7 Å². The number of aryl methyl sites for hydroxylation is 1. The van der Waals surface area contributed by atoms with Crippen molar-refractivity contribution >= 4 is 22.5 Å². The zero-order chi connectivity index (χ0) is 14.8. The van der Waals surface area contributed by atoms with Crippen molar-refractivity contribution in [2.45, 2.75) is 6.92 Å². The number of para-hydroxylation sites is 1. The summed E-state index contributed by atoms with van der Waals surface area (Å²) in [5, 5.41) is 15.8. The summed E-state index contributed by atoms with van der Waals surface area (Å²) in [6.45, 7) is 2.05. The van der Waals surface area contributed by atoms with Crippen molar-refractivity contribution in [2.75, 3.05) is 0 Å². The first-order valence-electron chi connectivity index (χ1n) is 6.63. The molecule has 0 aliphatic carbocycles. The number of hydrogen-bond acceptors (Lipinski definition) is 3. The fourth-order valence-corrected chi connectivity index (χ4v) is 3.15. The summed E-state index contributed by atoms with van der Waals surface area (Å²) in [6, 6.07) is 15.4. The molecule has 0 fully saturated rings. The third-order valence-electron chi connectivity index (χ3n) is 3.32. The van der Waals surface area contributed by atoms with Gasteiger partial charge in [0.25, 0.3) is 0 Å². The van der Waals surface area contributed by atoms with Crippen molar-refractivity contribution in [3.63, 3.8) is 0 Å². The number of rotatable bonds is 2. The molecule has 1 aliphatic heterocycles. The first-order chi connectivity index (χ1) is 10.1. The molecular formula is C17H16N2OS. The quantitative estimate of drug-likeness (QED) is 0.785. The molecule has 0 spiro atoms. The molecule has 3 N–H and O–H groups in total. The molecule has 1 heterocycles. The van der Waals surface area contributed by atoms with Crippen molar-refractivity contribution in [1.29, 1.82) is 4.78 Å². The van der Waals surface area contributed by atoms with E-state index in [-0.39, 0.29) is 5.75 Å². The average Bonchev–Trinajstić information content (AvgIpc) is 2.83. The predicted molar refractivity (Wildman–Crippen MR) is 88.5 cm³/mol. The Kier molecular flexibility index (Phi) is 3.62. The summed E-state index contributed by atoms with van der Waals surface area (Å²) in [4.78, 5) is 0. The summed E-state index contributed by atoms with van der Waals surface area (Å²) in [5.74, 6) is 0.229. The molecule has 1 unspecified atom stereocenters. The SMILES string of the molecule is Cc1ccc(C2=CS(=N)C(=Cc3ccccc3O)N2)cc1. The molecule has 106 valence electrons. The van der Waals surface area contributed by atoms with Gasteiger partial charge in [-0.25, -0.2) is 0 Å². The number of phenols is 1. The van der Waals surface area contributed by atoms with Gasteiger partial charge in [-0.3, -0.25) is 4.78 Å². The summed E-state index contributed by atoms with van der Waals surface area (Å²) in [6.07, 6.45) is 1.84. The van der Waals surface area contributed by atoms with Gasteiger partial charge in [-0.1, -0.05) is 48.0 Å². The first kappa shape index (κ1) is 13.6. The van der Waals surface area contributed by atoms with E-state index in [0.717, 1.165) is 21.9 Å². The molecule has 0 saturated heterocycles. The van der Waals surface area contributed by atoms with E-state index < -0.39 is 10.7 Å². The number of hydrogen-bond donors (Lipinski definition) is 3. The van der Waals surface area contributed by atoms with E-state index in [1.54, 1.807) is 12.1 Å². The lowest BCUT2D eigenvalue weighted by Gasteiger charge is -2.06. The van der Waals surface area contributed by atoms with Gasteiger partial charge in [0.15, 0.2) is 0 Å². The fraction of sp³-hybridized carbons (Fsp3) is 0.0588. The van der Waals surface area contributed by atoms with E-state index in [0.29, 0.717) is 0 Å². The third kappa shape index (κ3) is 2.90. The van der Waals surface area contributed by atoms with Crippen LogP contribution in [-0.4, -0.2) is 5.11 Å². The maximum absolute atomic E-state index is 9.82. The Morgan fingerprint density at radius 2 is 1.81 bits per heavy atom. The third-order valence-corrected chi connectivity index (χ3v) is 4.48. The molecule has 2 aromatic rings. The summed E-state index contributed by atoms with van der Waals surface area (Å²) >= 11 is 0. The molecule has 0 aromatic heterocycles. The molecule has 4 heteroatoms. The fourth-order valence-electron chi connectivity index (χ4n) is 2.12. The zero-order valence-corrected chi connectivity index (χ0v) is 12.4. The maximum Gasteiger partial charge on any atom is 0.122 e. The molecule has 3 rings (SSSR count). The summed E-state index contributed by atoms with van der Waals surface area (Å²) < 4.78 is 8.17. The normalized spacial score (nSPS) is 19.4. The van der Waals surface area contributed by atoms with E-state index in [2.05, 4.69) is 24.4 Å². The lowest BCUT2D eigenvalue weighted by Crippen LogP contribution is -2.06. The maximum atomic E-state index is 9.82. The van der Waals surface area contributed by atoms with E-state index in [1.165, 1.54) is 5.56 Å². The highest BCUT2D eigenvalue weighted by Gasteiger charge is 2.15. The molecule has 0 amide bonds. The monoisotopic (exact) mass is 296 g/mol. The minimum absolute atomic E-state index is 0.229. The molecule has 1 aliphatic rings. The molecule has 2 aromatic carbocycles. The van der Waals surface area contributed by atoms with Crippen LogP contribution in [0.25, 0.3) is 11.8 Å². The van der Waals surface area contributed by atoms with Gasteiger partial charge in [0.05, 0.1) is 10.7 Å². The Morgan fingerprint density at radius 3 is 2.52 bits per heavy atom. The number of aromatic hydroxyl groups is 1. The molecule has 0 bridgehead atoms. The van der Waals surface area contributed by atoms with Gasteiger partial charge in [-0.2, -0.15) is 0 Å². The van der Waals surface area contributed by atoms with E-state index >= 15 is 0 Å². The Bertz CT molecular complexity index is 761. The van der Waals surface area contributed by atoms with Crippen LogP contribution in [0, 0.1) is 11.7 Å². The van der Waals surface area contributed by atoms with Crippen molar-refractivity contribution in [3.8, 4) is 5.75 Å². The highest BCUT2D eigenvalue weighted by atomic mass is 32.2. The van der Waals surface area contributed by atoms with Crippen LogP contribution in [0.2, 0.25) is 0 Å². The van der Waals surface area contributed by atoms with Gasteiger partial charge in [0.2, 0.25) is 0 Å². The highest BCUT2D eigenvalue weighted by molar-refractivity contribution is 7.93. The van der Waals surface area contributed by atoms with Gasteiger partial charge >= 0.3 is 0 Å². The largest absolute Gasteiger partial charge is 0.507 e. The predicted octanol–water partition coefficient (Wildman–Crippen LogP) is 3.98. The summed E-state index contributed by atoms with van der Waals surface area (Å²) in [5.41, 5.74) is 3.97. The van der Waals surface area contributed by atoms with Gasteiger partial charge in [0, 0.05) is 11.0 Å². The van der Waals surface area contributed by atoms with Gasteiger partial charge in [-0.05, 0) is 35.3 Å². The van der Waals surface area contributed by atoms with Crippen LogP contribution in [0.1, 0.15) is 16.7 Å². The minimum atomic E-state index is -0.728. The molecule has 3 nitrogen and oxygen atoms in total. The van der Waals surface area contributed by atoms with Crippen LogP contribution in [0.4, 0.5) is 0 Å². The van der Waals surface area contributed by atoms with Crippen LogP contribution in [0.15, 0.2) is 59.0 Å². The van der Waals surface area contributed by atoms with Gasteiger partial charge in [-0.15, -0.1) is 0 Å². The zero-order valence-electron chi connectivity index (χ0n) is 11.6. The van der Waals surface area contributed by atoms with Crippen molar-refractivity contribution in [3.05, 3.63) is 75.7 Å². The van der Waals surface area contributed by atoms with Crippen molar-refractivity contribution < 1.29 is 5.11 Å². The Balaban J connectivity index is 1.88. The van der Waals surface area contributed by atoms with Gasteiger partial charge < -0.3 is 10.4 Å². The van der Waals surface area contributed by atoms with E-state index in [4.69, 9.17) is 4.78 Å². The molecule has 0 radical (unpaired) electrons. The minimum Gasteiger partial charge on any atom is -0.507 e. The Labute approximate surface area is 126 Å². The second kappa shape index (κ2) is 5.58. The lowest BCUT2D eigenvalue weighted by molar-refractivity contribution is 0.474. The van der Waals surface area contributed by atoms with E-state index in [9.17, 15) is 5.11 Å². The second-order valence-electron chi connectivity index (χ2n) is 4.93. The smallest absolute Gasteiger partial charge is 0.122 e. The van der Waals surface area contributed by atoms with Crippen molar-refractivity contribution in [2.24, 2.45) is 0 Å². The van der Waals surface area contributed by atoms with Crippen LogP contribution in [0.3, 0.4) is 0 Å². The first-order valence-corrected chi connectivity index (χ1v) is 7.92. The molecule has 21 heavy (non-hydrogen) atoms. The Morgan fingerprint density at radius 1 is 1.10 bits per heavy atom. The number of phenolic OH excluding ortho intramolecular Hbond substituents is 1. The van der Waals surface area contributed by atoms with Crippen LogP contribution < -0.4 is 5.32 Å². The van der Waals surface area contributed by atoms with Crippen molar-refractivity contribution in [1.82, 2.24) is 5.32 Å². The van der Waals surface area contributed by atoms with Gasteiger partial charge in [0.1, 0.15) is 5.75 Å². The highest BCUT2D eigenvalue weighted by Crippen LogP contribution is 2.26. The molecular weight excluding hydrogens is 280 g/mol. The average molecular weight is 296 g/mol. The standard InChI is InChI=1S/C17H16N2OS/c1-12-6-8-13(9-7-12)15-11-21(18)17(19-15)10-14-4-2-3-5-16(14)20/h2-11,18-20H,1H3. The summed E-state index contributed by atoms with van der Waals surface area (Å²) in [7, 11) is -0.728. The number of benzene rings is 2.